The summed E-state index contributed by atoms with van der Waals surface area (Å²) in [6.45, 7) is 15.0. The van der Waals surface area contributed by atoms with E-state index in [1.807, 2.05) is 11.1 Å². The molecule has 4 aliphatic carbocycles. The van der Waals surface area contributed by atoms with Crippen molar-refractivity contribution in [1.82, 2.24) is 0 Å². The van der Waals surface area contributed by atoms with E-state index in [0.29, 0.717) is 22.5 Å². The fraction of sp³-hybridized carbons (Fsp3) is 0.893. The van der Waals surface area contributed by atoms with E-state index >= 15 is 0 Å². The normalized spacial score (nSPS) is 41.8. The van der Waals surface area contributed by atoms with Crippen molar-refractivity contribution in [2.24, 2.45) is 46.3 Å². The number of allylic oxidation sites excluding steroid dienone is 2. The van der Waals surface area contributed by atoms with E-state index in [1.165, 1.54) is 51.4 Å². The van der Waals surface area contributed by atoms with Gasteiger partial charge >= 0.3 is 0 Å². The van der Waals surface area contributed by atoms with E-state index in [1.54, 1.807) is 0 Å². The maximum absolute atomic E-state index is 12.1. The smallest absolute Gasteiger partial charge is 0.133 e. The monoisotopic (exact) mass is 398 g/mol. The summed E-state index contributed by atoms with van der Waals surface area (Å²) in [5.74, 6) is 5.47. The lowest BCUT2D eigenvalue weighted by Crippen LogP contribution is -2.45. The molecule has 0 aliphatic heterocycles. The van der Waals surface area contributed by atoms with Crippen LogP contribution in [-0.2, 0) is 4.79 Å². The molecule has 4 aliphatic rings. The lowest BCUT2D eigenvalue weighted by atomic mass is 9.50. The molecule has 0 aromatic rings. The van der Waals surface area contributed by atoms with Crippen molar-refractivity contribution >= 4 is 5.78 Å². The average Bonchev–Trinajstić information content (AvgIpc) is 3.03. The Kier molecular flexibility index (Phi) is 5.84. The summed E-state index contributed by atoms with van der Waals surface area (Å²) in [5.41, 5.74) is 4.61. The van der Waals surface area contributed by atoms with Gasteiger partial charge in [0.05, 0.1) is 0 Å². The first-order valence-corrected chi connectivity index (χ1v) is 12.9. The number of ketones is 1. The van der Waals surface area contributed by atoms with Gasteiger partial charge in [-0.25, -0.2) is 0 Å². The number of hydrogen-bond donors (Lipinski definition) is 0. The average molecular weight is 399 g/mol. The van der Waals surface area contributed by atoms with Crippen LogP contribution in [0.4, 0.5) is 0 Å². The Balaban J connectivity index is 1.53. The van der Waals surface area contributed by atoms with Gasteiger partial charge in [0.1, 0.15) is 5.78 Å². The Morgan fingerprint density at radius 1 is 0.931 bits per heavy atom. The molecule has 0 bridgehead atoms. The predicted octanol–water partition coefficient (Wildman–Crippen LogP) is 7.99. The van der Waals surface area contributed by atoms with E-state index in [-0.39, 0.29) is 0 Å². The van der Waals surface area contributed by atoms with Crippen LogP contribution in [0.25, 0.3) is 0 Å². The summed E-state index contributed by atoms with van der Waals surface area (Å²) in [6, 6.07) is 0. The van der Waals surface area contributed by atoms with Gasteiger partial charge in [0.15, 0.2) is 0 Å². The van der Waals surface area contributed by atoms with Gasteiger partial charge in [-0.3, -0.25) is 4.79 Å². The van der Waals surface area contributed by atoms with Crippen LogP contribution >= 0.6 is 0 Å². The zero-order valence-electron chi connectivity index (χ0n) is 20.2. The quantitative estimate of drug-likeness (QED) is 0.429. The molecule has 1 heteroatoms. The Morgan fingerprint density at radius 3 is 2.41 bits per heavy atom. The molecule has 2 fully saturated rings. The molecule has 0 aromatic carbocycles. The molecule has 0 aromatic heterocycles. The van der Waals surface area contributed by atoms with E-state index in [2.05, 4.69) is 41.5 Å². The zero-order valence-corrected chi connectivity index (χ0v) is 20.2. The van der Waals surface area contributed by atoms with Gasteiger partial charge in [-0.2, -0.15) is 0 Å². The van der Waals surface area contributed by atoms with Crippen LogP contribution in [0.1, 0.15) is 112 Å². The Bertz CT molecular complexity index is 672. The van der Waals surface area contributed by atoms with Crippen LogP contribution in [0, 0.1) is 46.3 Å². The number of rotatable bonds is 5. The molecule has 1 nitrogen and oxygen atoms in total. The first-order chi connectivity index (χ1) is 13.7. The third-order valence-electron chi connectivity index (χ3n) is 10.8. The number of Topliss-reactive ketones (excluding diaryl/α,β-unsaturated/α-hetero) is 1. The van der Waals surface area contributed by atoms with Gasteiger partial charge < -0.3 is 0 Å². The van der Waals surface area contributed by atoms with E-state index in [9.17, 15) is 4.79 Å². The second-order valence-electron chi connectivity index (χ2n) is 12.4. The first-order valence-electron chi connectivity index (χ1n) is 12.9. The molecule has 4 rings (SSSR count). The molecule has 0 radical (unpaired) electrons. The minimum atomic E-state index is 0.346. The number of fused-ring (bicyclic) bond motifs is 4. The summed E-state index contributed by atoms with van der Waals surface area (Å²) in [5, 5.41) is 0. The third-order valence-corrected chi connectivity index (χ3v) is 10.8. The second-order valence-corrected chi connectivity index (χ2v) is 12.4. The zero-order chi connectivity index (χ0) is 21.0. The van der Waals surface area contributed by atoms with Crippen LogP contribution < -0.4 is 0 Å². The Hall–Kier alpha value is -0.590. The van der Waals surface area contributed by atoms with Crippen molar-refractivity contribution in [1.29, 1.82) is 0 Å². The summed E-state index contributed by atoms with van der Waals surface area (Å²) >= 11 is 0. The number of carbonyl (C=O) groups excluding carboxylic acids is 1. The SMILES string of the molecule is CC(C)[C@@H](C)CC[C@@H](C)[C@@H]1CC[C@@H]2C3=C(CC[C@]21C)[C@]1(C)CCC(=O)C[C@@H]1CC3. The van der Waals surface area contributed by atoms with Crippen molar-refractivity contribution in [3.8, 4) is 0 Å². The summed E-state index contributed by atoms with van der Waals surface area (Å²) in [7, 11) is 0. The van der Waals surface area contributed by atoms with Gasteiger partial charge in [0.2, 0.25) is 0 Å². The molecule has 0 N–H and O–H groups in total. The topological polar surface area (TPSA) is 17.1 Å². The molecule has 0 spiro atoms. The molecule has 0 saturated heterocycles. The van der Waals surface area contributed by atoms with Crippen molar-refractivity contribution in [2.75, 3.05) is 0 Å². The van der Waals surface area contributed by atoms with Crippen molar-refractivity contribution in [2.45, 2.75) is 112 Å². The van der Waals surface area contributed by atoms with Crippen molar-refractivity contribution in [3.05, 3.63) is 11.1 Å². The lowest BCUT2D eigenvalue weighted by molar-refractivity contribution is -0.124. The van der Waals surface area contributed by atoms with Crippen LogP contribution in [-0.4, -0.2) is 5.78 Å². The molecule has 2 saturated carbocycles. The Morgan fingerprint density at radius 2 is 1.69 bits per heavy atom. The minimum absolute atomic E-state index is 0.346. The summed E-state index contributed by atoms with van der Waals surface area (Å²) < 4.78 is 0. The second kappa shape index (κ2) is 7.83. The fourth-order valence-corrected chi connectivity index (χ4v) is 8.29. The molecular weight excluding hydrogens is 352 g/mol. The summed E-state index contributed by atoms with van der Waals surface area (Å²) in [4.78, 5) is 12.1. The van der Waals surface area contributed by atoms with Gasteiger partial charge in [0, 0.05) is 12.8 Å². The maximum atomic E-state index is 12.1. The Labute approximate surface area is 180 Å². The van der Waals surface area contributed by atoms with E-state index in [4.69, 9.17) is 0 Å². The highest BCUT2D eigenvalue weighted by atomic mass is 16.1. The summed E-state index contributed by atoms with van der Waals surface area (Å²) in [6.07, 6.45) is 13.8. The number of hydrogen-bond acceptors (Lipinski definition) is 1. The van der Waals surface area contributed by atoms with Crippen LogP contribution in [0.2, 0.25) is 0 Å². The van der Waals surface area contributed by atoms with Gasteiger partial charge in [-0.05, 0) is 91.3 Å². The fourth-order valence-electron chi connectivity index (χ4n) is 8.29. The molecule has 29 heavy (non-hydrogen) atoms. The van der Waals surface area contributed by atoms with Crippen LogP contribution in [0.5, 0.6) is 0 Å². The maximum Gasteiger partial charge on any atom is 0.133 e. The highest BCUT2D eigenvalue weighted by Crippen LogP contribution is 2.65. The van der Waals surface area contributed by atoms with Gasteiger partial charge in [-0.15, -0.1) is 0 Å². The highest BCUT2D eigenvalue weighted by Gasteiger charge is 2.55. The standard InChI is InChI=1S/C28H46O/c1-18(2)19(3)7-8-20(4)24-11-12-25-23-10-9-21-17-22(29)13-15-27(21,5)26(23)14-16-28(24,25)6/h18-21,24-25H,7-17H2,1-6H3/t19-,20+,21-,24-,25+,27+,28-/m0/s1. The molecule has 164 valence electrons. The van der Waals surface area contributed by atoms with Crippen LogP contribution in [0.15, 0.2) is 11.1 Å². The highest BCUT2D eigenvalue weighted by molar-refractivity contribution is 5.80. The van der Waals surface area contributed by atoms with E-state index in [0.717, 1.165) is 48.9 Å². The predicted molar refractivity (Wildman–Crippen MR) is 123 cm³/mol. The van der Waals surface area contributed by atoms with Crippen molar-refractivity contribution in [3.63, 3.8) is 0 Å². The lowest BCUT2D eigenvalue weighted by Gasteiger charge is -2.54. The van der Waals surface area contributed by atoms with Gasteiger partial charge in [0.25, 0.3) is 0 Å². The molecular formula is C28H46O. The number of carbonyl (C=O) groups is 1. The first kappa shape index (κ1) is 21.6. The third kappa shape index (κ3) is 3.57. The molecule has 0 heterocycles. The van der Waals surface area contributed by atoms with Crippen LogP contribution in [0.3, 0.4) is 0 Å². The molecule has 7 atom stereocenters. The van der Waals surface area contributed by atoms with E-state index < -0.39 is 0 Å². The molecule has 0 amide bonds. The molecule has 0 unspecified atom stereocenters. The largest absolute Gasteiger partial charge is 0.300 e. The van der Waals surface area contributed by atoms with Crippen molar-refractivity contribution < 1.29 is 4.79 Å². The minimum Gasteiger partial charge on any atom is -0.300 e. The van der Waals surface area contributed by atoms with Gasteiger partial charge in [-0.1, -0.05) is 65.5 Å².